The lowest BCUT2D eigenvalue weighted by Crippen LogP contribution is -1.38. The lowest BCUT2D eigenvalue weighted by atomic mass is 11.0. The third kappa shape index (κ3) is 18500. The molecule has 68 valence electrons. The van der Waals surface area contributed by atoms with Crippen LogP contribution in [0.5, 0.6) is 0 Å². The van der Waals surface area contributed by atoms with Crippen LogP contribution in [-0.2, 0) is 9.13 Å². The molecule has 0 saturated carbocycles. The van der Waals surface area contributed by atoms with Gasteiger partial charge in [-0.1, -0.05) is 13.2 Å². The highest BCUT2D eigenvalue weighted by atomic mass is 31.1. The first-order valence-corrected chi connectivity index (χ1v) is 4.62. The summed E-state index contributed by atoms with van der Waals surface area (Å²) in [5.41, 5.74) is 2.25. The van der Waals surface area contributed by atoms with Crippen LogP contribution in [0, 0.1) is 0 Å². The Bertz CT molecular complexity index is 128. The van der Waals surface area contributed by atoms with Crippen LogP contribution in [0.3, 0.4) is 0 Å². The van der Waals surface area contributed by atoms with Crippen LogP contribution in [0.2, 0.25) is 0 Å². The maximum atomic E-state index is 8.74. The van der Waals surface area contributed by atoms with E-state index in [-0.39, 0.29) is 0 Å². The molecule has 0 aromatic heterocycles. The molecular weight excluding hydrogens is 194 g/mol. The fraction of sp³-hybridized carbons (Fsp3) is 0. The zero-order valence-electron chi connectivity index (χ0n) is 5.52. The highest BCUT2D eigenvalue weighted by Gasteiger charge is 1.62. The molecule has 0 aromatic rings. The van der Waals surface area contributed by atoms with Gasteiger partial charge in [0.2, 0.25) is 0 Å². The average molecular weight is 204 g/mol. The van der Waals surface area contributed by atoms with E-state index in [9.17, 15) is 0 Å². The molecule has 6 nitrogen and oxygen atoms in total. The van der Waals surface area contributed by atoms with Crippen molar-refractivity contribution >= 4 is 16.5 Å². The lowest BCUT2D eigenvalue weighted by Gasteiger charge is -1.61. The van der Waals surface area contributed by atoms with Gasteiger partial charge < -0.3 is 19.6 Å². The van der Waals surface area contributed by atoms with Crippen LogP contribution < -0.4 is 0 Å². The summed E-state index contributed by atoms with van der Waals surface area (Å²) in [6, 6.07) is 0. The molecule has 0 amide bonds. The fourth-order valence-electron chi connectivity index (χ4n) is 0. The Morgan fingerprint density at radius 3 is 0.909 bits per heavy atom. The highest BCUT2D eigenvalue weighted by Crippen LogP contribution is 1.98. The summed E-state index contributed by atoms with van der Waals surface area (Å²) in [5.74, 6) is 0. The van der Waals surface area contributed by atoms with Gasteiger partial charge in [0, 0.05) is 0 Å². The largest absolute Gasteiger partial charge is 0.326 e. The molecule has 0 aliphatic rings. The molecule has 0 heterocycles. The molecule has 0 unspecified atom stereocenters. The summed E-state index contributed by atoms with van der Waals surface area (Å²) in [5, 5.41) is 0. The van der Waals surface area contributed by atoms with Gasteiger partial charge in [-0.25, -0.2) is 0 Å². The first-order valence-electron chi connectivity index (χ1n) is 2.01. The molecule has 0 aromatic carbocycles. The van der Waals surface area contributed by atoms with Crippen molar-refractivity contribution in [3.63, 3.8) is 0 Å². The molecule has 0 aliphatic carbocycles. The first-order chi connectivity index (χ1) is 4.88. The minimum atomic E-state index is -3.13. The van der Waals surface area contributed by atoms with Gasteiger partial charge in [0.15, 0.2) is 0 Å². The van der Waals surface area contributed by atoms with E-state index >= 15 is 0 Å². The Balaban J connectivity index is -0.0000000886. The minimum Gasteiger partial charge on any atom is -0.326 e. The Labute approximate surface area is 65.0 Å². The van der Waals surface area contributed by atoms with Crippen molar-refractivity contribution in [2.75, 3.05) is 0 Å². The summed E-state index contributed by atoms with van der Waals surface area (Å²) in [7, 11) is -6.26. The van der Waals surface area contributed by atoms with Gasteiger partial charge in [0.25, 0.3) is 0 Å². The second-order valence-corrected chi connectivity index (χ2v) is 1.95. The zero-order valence-corrected chi connectivity index (χ0v) is 7.52. The van der Waals surface area contributed by atoms with Gasteiger partial charge in [-0.05, 0) is 0 Å². The van der Waals surface area contributed by atoms with Crippen LogP contribution in [-0.4, -0.2) is 19.6 Å². The van der Waals surface area contributed by atoms with Gasteiger partial charge in [-0.3, -0.25) is 9.13 Å². The van der Waals surface area contributed by atoms with E-state index in [4.69, 9.17) is 28.7 Å². The first kappa shape index (κ1) is 17.1. The molecule has 4 N–H and O–H groups in total. The van der Waals surface area contributed by atoms with Crippen molar-refractivity contribution in [3.05, 3.63) is 18.9 Å². The third-order valence-corrected chi connectivity index (χ3v) is 0. The number of hydrogen-bond acceptors (Lipinski definition) is 2. The van der Waals surface area contributed by atoms with Crippen molar-refractivity contribution in [2.24, 2.45) is 0 Å². The summed E-state index contributed by atoms with van der Waals surface area (Å²) in [4.78, 5) is 28.6. The smallest absolute Gasteiger partial charge is 0.314 e. The third-order valence-electron chi connectivity index (χ3n) is 0. The van der Waals surface area contributed by atoms with Gasteiger partial charge in [0.05, 0.1) is 0 Å². The van der Waals surface area contributed by atoms with Crippen molar-refractivity contribution in [2.45, 2.75) is 0 Å². The summed E-state index contributed by atoms with van der Waals surface area (Å²) in [6.45, 7) is 6.25. The van der Waals surface area contributed by atoms with Crippen LogP contribution >= 0.6 is 16.5 Å². The molecule has 8 heteroatoms. The quantitative estimate of drug-likeness (QED) is 0.317. The van der Waals surface area contributed by atoms with E-state index in [1.165, 1.54) is 0 Å². The minimum absolute atomic E-state index is 2.25. The molecule has 0 spiro atoms. The van der Waals surface area contributed by atoms with Crippen molar-refractivity contribution in [1.29, 1.82) is 0 Å². The van der Waals surface area contributed by atoms with Gasteiger partial charge in [0.1, 0.15) is 0 Å². The average Bonchev–Trinajstić information content (AvgIpc) is 1.60. The van der Waals surface area contributed by atoms with Gasteiger partial charge in [-0.2, -0.15) is 0 Å². The molecule has 0 atom stereocenters. The van der Waals surface area contributed by atoms with Gasteiger partial charge in [-0.15, -0.1) is 5.73 Å². The Kier molecular flexibility index (Phi) is 25.5. The maximum absolute atomic E-state index is 8.74. The number of rotatable bonds is 0. The molecule has 0 rings (SSSR count). The predicted octanol–water partition coefficient (Wildman–Crippen LogP) is -0.321. The monoisotopic (exact) mass is 204 g/mol. The van der Waals surface area contributed by atoms with E-state index in [0.29, 0.717) is 0 Å². The SMILES string of the molecule is C=C=C.O=[PH](O)O.O=[PH](O)O. The Morgan fingerprint density at radius 1 is 0.909 bits per heavy atom. The second-order valence-electron chi connectivity index (χ2n) is 0.815. The van der Waals surface area contributed by atoms with E-state index in [1.807, 2.05) is 0 Å². The maximum Gasteiger partial charge on any atom is 0.314 e. The highest BCUT2D eigenvalue weighted by molar-refractivity contribution is 7.31. The van der Waals surface area contributed by atoms with E-state index < -0.39 is 16.5 Å². The Hall–Kier alpha value is -0.180. The van der Waals surface area contributed by atoms with Crippen LogP contribution in [0.15, 0.2) is 18.9 Å². The zero-order chi connectivity index (χ0) is 9.86. The molecule has 0 bridgehead atoms. The standard InChI is InChI=1S/C3H4.2H3O3P/c1-3-2;2*1-4(2)3/h1-2H2;2*4H,(H2,1,2,3). The molecule has 0 saturated heterocycles. The number of hydrogen-bond donors (Lipinski definition) is 4. The predicted molar refractivity (Wildman–Crippen MR) is 41.6 cm³/mol. The van der Waals surface area contributed by atoms with Crippen LogP contribution in [0.1, 0.15) is 0 Å². The molecule has 0 fully saturated rings. The molecule has 11 heavy (non-hydrogen) atoms. The fourth-order valence-corrected chi connectivity index (χ4v) is 0. The van der Waals surface area contributed by atoms with Crippen LogP contribution in [0.25, 0.3) is 0 Å². The summed E-state index contributed by atoms with van der Waals surface area (Å²) >= 11 is 0. The summed E-state index contributed by atoms with van der Waals surface area (Å²) in [6.07, 6.45) is 0. The van der Waals surface area contributed by atoms with Gasteiger partial charge >= 0.3 is 16.5 Å². The molecular formula is C3H10O6P2. The van der Waals surface area contributed by atoms with E-state index in [1.54, 1.807) is 0 Å². The van der Waals surface area contributed by atoms with Crippen molar-refractivity contribution in [1.82, 2.24) is 0 Å². The lowest BCUT2D eigenvalue weighted by molar-refractivity contribution is 0.403. The Morgan fingerprint density at radius 2 is 0.909 bits per heavy atom. The molecule has 0 radical (unpaired) electrons. The van der Waals surface area contributed by atoms with Crippen molar-refractivity contribution < 1.29 is 28.7 Å². The topological polar surface area (TPSA) is 115 Å². The summed E-state index contributed by atoms with van der Waals surface area (Å²) < 4.78 is 17.5. The second kappa shape index (κ2) is 16.4. The normalized spacial score (nSPS) is 7.09. The van der Waals surface area contributed by atoms with E-state index in [2.05, 4.69) is 18.9 Å². The van der Waals surface area contributed by atoms with E-state index in [0.717, 1.165) is 0 Å². The van der Waals surface area contributed by atoms with Crippen LogP contribution in [0.4, 0.5) is 0 Å². The van der Waals surface area contributed by atoms with Crippen molar-refractivity contribution in [3.8, 4) is 0 Å². The molecule has 0 aliphatic heterocycles.